The highest BCUT2D eigenvalue weighted by Gasteiger charge is 2.16. The highest BCUT2D eigenvalue weighted by atomic mass is 16.2. The van der Waals surface area contributed by atoms with E-state index in [-0.39, 0.29) is 17.5 Å². The van der Waals surface area contributed by atoms with Crippen LogP contribution in [0.2, 0.25) is 0 Å². The molecule has 0 aliphatic carbocycles. The first-order chi connectivity index (χ1) is 12.7. The maximum absolute atomic E-state index is 12.5. The fraction of sp³-hybridized carbons (Fsp3) is 0.158. The fourth-order valence-corrected chi connectivity index (χ4v) is 2.35. The van der Waals surface area contributed by atoms with Gasteiger partial charge in [-0.05, 0) is 23.8 Å². The van der Waals surface area contributed by atoms with Gasteiger partial charge in [-0.1, -0.05) is 31.2 Å². The molecule has 0 saturated carbocycles. The van der Waals surface area contributed by atoms with Gasteiger partial charge in [-0.15, -0.1) is 0 Å². The van der Waals surface area contributed by atoms with E-state index in [4.69, 9.17) is 0 Å². The van der Waals surface area contributed by atoms with Crippen LogP contribution in [0.5, 0.6) is 0 Å². The molecule has 3 aromatic rings. The summed E-state index contributed by atoms with van der Waals surface area (Å²) < 4.78 is 1.55. The Morgan fingerprint density at radius 1 is 1.12 bits per heavy atom. The zero-order valence-corrected chi connectivity index (χ0v) is 14.3. The van der Waals surface area contributed by atoms with E-state index >= 15 is 0 Å². The Morgan fingerprint density at radius 2 is 1.92 bits per heavy atom. The van der Waals surface area contributed by atoms with Gasteiger partial charge in [0.25, 0.3) is 5.91 Å². The van der Waals surface area contributed by atoms with Gasteiger partial charge < -0.3 is 10.6 Å². The van der Waals surface area contributed by atoms with E-state index in [1.54, 1.807) is 30.1 Å². The SMILES string of the molecule is CCC(=O)Nc1cc(C(=O)NCc2cccnc2)nn1-c1ccccc1. The van der Waals surface area contributed by atoms with Crippen LogP contribution in [0.15, 0.2) is 60.9 Å². The number of benzene rings is 1. The number of nitrogens with zero attached hydrogens (tertiary/aromatic N) is 3. The molecule has 7 heteroatoms. The van der Waals surface area contributed by atoms with Crippen molar-refractivity contribution in [3.63, 3.8) is 0 Å². The van der Waals surface area contributed by atoms with Gasteiger partial charge in [0, 0.05) is 31.4 Å². The number of hydrogen-bond donors (Lipinski definition) is 2. The second kappa shape index (κ2) is 8.06. The Balaban J connectivity index is 1.83. The molecule has 0 bridgehead atoms. The zero-order chi connectivity index (χ0) is 18.4. The van der Waals surface area contributed by atoms with E-state index in [0.717, 1.165) is 11.3 Å². The van der Waals surface area contributed by atoms with Gasteiger partial charge in [0.15, 0.2) is 5.69 Å². The molecule has 26 heavy (non-hydrogen) atoms. The topological polar surface area (TPSA) is 88.9 Å². The summed E-state index contributed by atoms with van der Waals surface area (Å²) in [5.74, 6) is -0.0190. The van der Waals surface area contributed by atoms with Crippen molar-refractivity contribution in [3.05, 3.63) is 72.2 Å². The van der Waals surface area contributed by atoms with Gasteiger partial charge in [0.2, 0.25) is 5.91 Å². The Kier molecular flexibility index (Phi) is 5.38. The molecule has 0 aliphatic rings. The van der Waals surface area contributed by atoms with Crippen LogP contribution in [-0.4, -0.2) is 26.6 Å². The monoisotopic (exact) mass is 349 g/mol. The average Bonchev–Trinajstić information content (AvgIpc) is 3.11. The van der Waals surface area contributed by atoms with Gasteiger partial charge in [0.1, 0.15) is 5.82 Å². The van der Waals surface area contributed by atoms with E-state index in [9.17, 15) is 9.59 Å². The quantitative estimate of drug-likeness (QED) is 0.716. The van der Waals surface area contributed by atoms with Crippen LogP contribution >= 0.6 is 0 Å². The summed E-state index contributed by atoms with van der Waals surface area (Å²) in [5, 5.41) is 9.94. The lowest BCUT2D eigenvalue weighted by Gasteiger charge is -2.07. The number of amides is 2. The molecular formula is C19H19N5O2. The van der Waals surface area contributed by atoms with Crippen LogP contribution < -0.4 is 10.6 Å². The summed E-state index contributed by atoms with van der Waals surface area (Å²) in [4.78, 5) is 28.3. The van der Waals surface area contributed by atoms with E-state index in [1.807, 2.05) is 42.5 Å². The van der Waals surface area contributed by atoms with Crippen molar-refractivity contribution in [1.82, 2.24) is 20.1 Å². The Hall–Kier alpha value is -3.48. The first-order valence-corrected chi connectivity index (χ1v) is 8.30. The maximum atomic E-state index is 12.5. The second-order valence-electron chi connectivity index (χ2n) is 5.61. The predicted molar refractivity (Wildman–Crippen MR) is 97.9 cm³/mol. The molecule has 0 radical (unpaired) electrons. The number of carbonyl (C=O) groups excluding carboxylic acids is 2. The molecule has 0 spiro atoms. The molecule has 0 saturated heterocycles. The van der Waals surface area contributed by atoms with Gasteiger partial charge in [-0.25, -0.2) is 4.68 Å². The third-order valence-electron chi connectivity index (χ3n) is 3.71. The summed E-state index contributed by atoms with van der Waals surface area (Å²) in [6, 6.07) is 14.6. The van der Waals surface area contributed by atoms with Crippen molar-refractivity contribution in [2.75, 3.05) is 5.32 Å². The maximum Gasteiger partial charge on any atom is 0.272 e. The standard InChI is InChI=1S/C19H19N5O2/c1-2-18(25)22-17-11-16(23-24(17)15-8-4-3-5-9-15)19(26)21-13-14-7-6-10-20-12-14/h3-12H,2,13H2,1H3,(H,21,26)(H,22,25). The number of nitrogens with one attached hydrogen (secondary N) is 2. The first-order valence-electron chi connectivity index (χ1n) is 8.30. The summed E-state index contributed by atoms with van der Waals surface area (Å²) in [6.45, 7) is 2.11. The van der Waals surface area contributed by atoms with Gasteiger partial charge in [0.05, 0.1) is 5.69 Å². The number of pyridine rings is 1. The van der Waals surface area contributed by atoms with Crippen molar-refractivity contribution in [2.45, 2.75) is 19.9 Å². The molecule has 0 atom stereocenters. The number of anilines is 1. The van der Waals surface area contributed by atoms with Crippen molar-refractivity contribution >= 4 is 17.6 Å². The second-order valence-corrected chi connectivity index (χ2v) is 5.61. The van der Waals surface area contributed by atoms with E-state index in [1.165, 1.54) is 0 Å². The lowest BCUT2D eigenvalue weighted by molar-refractivity contribution is -0.115. The minimum absolute atomic E-state index is 0.149. The molecule has 1 aromatic carbocycles. The first kappa shape index (κ1) is 17.3. The molecule has 0 unspecified atom stereocenters. The highest BCUT2D eigenvalue weighted by molar-refractivity contribution is 5.95. The van der Waals surface area contributed by atoms with Crippen molar-refractivity contribution in [2.24, 2.45) is 0 Å². The minimum atomic E-state index is -0.324. The van der Waals surface area contributed by atoms with E-state index < -0.39 is 0 Å². The lowest BCUT2D eigenvalue weighted by atomic mass is 10.3. The fourth-order valence-electron chi connectivity index (χ4n) is 2.35. The van der Waals surface area contributed by atoms with Gasteiger partial charge in [-0.2, -0.15) is 5.10 Å². The summed E-state index contributed by atoms with van der Waals surface area (Å²) >= 11 is 0. The number of rotatable bonds is 6. The summed E-state index contributed by atoms with van der Waals surface area (Å²) in [5.41, 5.74) is 1.87. The molecule has 2 amide bonds. The molecule has 3 rings (SSSR count). The normalized spacial score (nSPS) is 10.3. The number of hydrogen-bond acceptors (Lipinski definition) is 4. The highest BCUT2D eigenvalue weighted by Crippen LogP contribution is 2.17. The van der Waals surface area contributed by atoms with Crippen molar-refractivity contribution < 1.29 is 9.59 Å². The lowest BCUT2D eigenvalue weighted by Crippen LogP contribution is -2.23. The number of para-hydroxylation sites is 1. The molecule has 2 aromatic heterocycles. The van der Waals surface area contributed by atoms with Crippen molar-refractivity contribution in [1.29, 1.82) is 0 Å². The average molecular weight is 349 g/mol. The Labute approximate surface area is 151 Å². The van der Waals surface area contributed by atoms with Crippen LogP contribution in [0.25, 0.3) is 5.69 Å². The largest absolute Gasteiger partial charge is 0.347 e. The van der Waals surface area contributed by atoms with Gasteiger partial charge in [-0.3, -0.25) is 14.6 Å². The molecular weight excluding hydrogens is 330 g/mol. The number of aromatic nitrogens is 3. The van der Waals surface area contributed by atoms with Crippen LogP contribution in [-0.2, 0) is 11.3 Å². The molecule has 0 fully saturated rings. The van der Waals surface area contributed by atoms with E-state index in [0.29, 0.717) is 18.8 Å². The van der Waals surface area contributed by atoms with Crippen LogP contribution in [0, 0.1) is 0 Å². The summed E-state index contributed by atoms with van der Waals surface area (Å²) in [7, 11) is 0. The zero-order valence-electron chi connectivity index (χ0n) is 14.3. The molecule has 2 N–H and O–H groups in total. The Morgan fingerprint density at radius 3 is 2.62 bits per heavy atom. The minimum Gasteiger partial charge on any atom is -0.347 e. The van der Waals surface area contributed by atoms with Crippen LogP contribution in [0.3, 0.4) is 0 Å². The number of carbonyl (C=O) groups is 2. The van der Waals surface area contributed by atoms with E-state index in [2.05, 4.69) is 20.7 Å². The molecule has 132 valence electrons. The van der Waals surface area contributed by atoms with Crippen molar-refractivity contribution in [3.8, 4) is 5.69 Å². The van der Waals surface area contributed by atoms with Crippen LogP contribution in [0.4, 0.5) is 5.82 Å². The smallest absolute Gasteiger partial charge is 0.272 e. The third-order valence-corrected chi connectivity index (χ3v) is 3.71. The van der Waals surface area contributed by atoms with Crippen LogP contribution in [0.1, 0.15) is 29.4 Å². The Bertz CT molecular complexity index is 891. The molecule has 0 aliphatic heterocycles. The molecule has 2 heterocycles. The molecule has 7 nitrogen and oxygen atoms in total. The summed E-state index contributed by atoms with van der Waals surface area (Å²) in [6.07, 6.45) is 3.70. The predicted octanol–water partition coefficient (Wildman–Crippen LogP) is 2.55. The third kappa shape index (κ3) is 4.13. The van der Waals surface area contributed by atoms with Gasteiger partial charge >= 0.3 is 0 Å².